The molecular formula is C13H14N4O3S. The fraction of sp³-hybridized carbons (Fsp3) is 0.0769. The summed E-state index contributed by atoms with van der Waals surface area (Å²) < 4.78 is 27.0. The van der Waals surface area contributed by atoms with Gasteiger partial charge in [-0.15, -0.1) is 0 Å². The number of aromatic nitrogens is 1. The van der Waals surface area contributed by atoms with Crippen LogP contribution in [-0.4, -0.2) is 26.4 Å². The molecule has 2 rings (SSSR count). The number of hydrogen-bond donors (Lipinski definition) is 3. The van der Waals surface area contributed by atoms with Crippen LogP contribution < -0.4 is 15.8 Å². The van der Waals surface area contributed by atoms with Crippen molar-refractivity contribution in [2.75, 3.05) is 17.5 Å². The number of pyridine rings is 1. The van der Waals surface area contributed by atoms with Crippen LogP contribution in [0.3, 0.4) is 0 Å². The first-order valence-electron chi connectivity index (χ1n) is 6.00. The maximum atomic E-state index is 12.3. The van der Waals surface area contributed by atoms with Crippen molar-refractivity contribution in [3.63, 3.8) is 0 Å². The van der Waals surface area contributed by atoms with Gasteiger partial charge < -0.3 is 11.1 Å². The Bertz CT molecular complexity index is 774. The molecule has 0 spiro atoms. The molecule has 1 amide bonds. The number of nitrogen functional groups attached to an aromatic ring is 1. The van der Waals surface area contributed by atoms with Crippen LogP contribution >= 0.6 is 0 Å². The van der Waals surface area contributed by atoms with E-state index < -0.39 is 15.9 Å². The van der Waals surface area contributed by atoms with E-state index in [2.05, 4.69) is 15.0 Å². The van der Waals surface area contributed by atoms with Gasteiger partial charge in [-0.25, -0.2) is 13.4 Å². The Kier molecular flexibility index (Phi) is 4.08. The Hall–Kier alpha value is -2.61. The molecule has 1 aromatic carbocycles. The van der Waals surface area contributed by atoms with Gasteiger partial charge in [-0.2, -0.15) is 0 Å². The lowest BCUT2D eigenvalue weighted by molar-refractivity contribution is 0.0964. The standard InChI is InChI=1S/C13H14N4O3S/c1-15-13(18)9-5-2-3-6-10(9)17-21(19,20)11-7-4-8-16-12(11)14/h2-8,17H,1H3,(H2,14,16)(H,15,18). The van der Waals surface area contributed by atoms with Crippen LogP contribution in [0.25, 0.3) is 0 Å². The largest absolute Gasteiger partial charge is 0.383 e. The lowest BCUT2D eigenvalue weighted by Gasteiger charge is -2.12. The van der Waals surface area contributed by atoms with Gasteiger partial charge in [-0.05, 0) is 24.3 Å². The second-order valence-corrected chi connectivity index (χ2v) is 5.77. The Labute approximate surface area is 122 Å². The molecular weight excluding hydrogens is 292 g/mol. The molecule has 0 atom stereocenters. The number of benzene rings is 1. The Morgan fingerprint density at radius 2 is 1.90 bits per heavy atom. The van der Waals surface area contributed by atoms with E-state index >= 15 is 0 Å². The summed E-state index contributed by atoms with van der Waals surface area (Å²) in [5.74, 6) is -0.505. The summed E-state index contributed by atoms with van der Waals surface area (Å²) in [5, 5.41) is 2.45. The summed E-state index contributed by atoms with van der Waals surface area (Å²) in [6, 6.07) is 9.08. The van der Waals surface area contributed by atoms with E-state index in [1.165, 1.54) is 37.5 Å². The summed E-state index contributed by atoms with van der Waals surface area (Å²) in [5.41, 5.74) is 5.96. The van der Waals surface area contributed by atoms with Crippen LogP contribution in [0.15, 0.2) is 47.5 Å². The first kappa shape index (κ1) is 14.8. The molecule has 7 nitrogen and oxygen atoms in total. The fourth-order valence-electron chi connectivity index (χ4n) is 1.73. The van der Waals surface area contributed by atoms with E-state index in [4.69, 9.17) is 5.73 Å². The monoisotopic (exact) mass is 306 g/mol. The Balaban J connectivity index is 2.43. The number of sulfonamides is 1. The first-order valence-corrected chi connectivity index (χ1v) is 7.48. The van der Waals surface area contributed by atoms with Crippen molar-refractivity contribution < 1.29 is 13.2 Å². The number of para-hydroxylation sites is 1. The van der Waals surface area contributed by atoms with Crippen molar-refractivity contribution in [3.05, 3.63) is 48.2 Å². The van der Waals surface area contributed by atoms with Gasteiger partial charge in [-0.3, -0.25) is 9.52 Å². The highest BCUT2D eigenvalue weighted by atomic mass is 32.2. The molecule has 1 heterocycles. The van der Waals surface area contributed by atoms with Crippen LogP contribution in [0.4, 0.5) is 11.5 Å². The summed E-state index contributed by atoms with van der Waals surface area (Å²) in [4.78, 5) is 15.3. The van der Waals surface area contributed by atoms with Crippen LogP contribution in [0.5, 0.6) is 0 Å². The molecule has 0 aliphatic rings. The first-order chi connectivity index (χ1) is 9.95. The molecule has 0 saturated carbocycles. The zero-order valence-electron chi connectivity index (χ0n) is 11.2. The molecule has 2 aromatic rings. The van der Waals surface area contributed by atoms with E-state index in [0.29, 0.717) is 0 Å². The van der Waals surface area contributed by atoms with Gasteiger partial charge >= 0.3 is 0 Å². The predicted molar refractivity (Wildman–Crippen MR) is 79.3 cm³/mol. The second-order valence-electron chi connectivity index (χ2n) is 4.12. The number of anilines is 2. The normalized spacial score (nSPS) is 10.9. The summed E-state index contributed by atoms with van der Waals surface area (Å²) in [6.45, 7) is 0. The average Bonchev–Trinajstić information content (AvgIpc) is 2.47. The minimum atomic E-state index is -3.93. The minimum absolute atomic E-state index is 0.109. The van der Waals surface area contributed by atoms with E-state index in [1.807, 2.05) is 0 Å². The van der Waals surface area contributed by atoms with Gasteiger partial charge in [0.05, 0.1) is 11.3 Å². The van der Waals surface area contributed by atoms with Gasteiger partial charge in [0.25, 0.3) is 15.9 Å². The van der Waals surface area contributed by atoms with E-state index in [0.717, 1.165) is 0 Å². The lowest BCUT2D eigenvalue weighted by atomic mass is 10.2. The molecule has 0 aliphatic carbocycles. The lowest BCUT2D eigenvalue weighted by Crippen LogP contribution is -2.22. The molecule has 0 radical (unpaired) electrons. The van der Waals surface area contributed by atoms with E-state index in [1.54, 1.807) is 12.1 Å². The molecule has 8 heteroatoms. The van der Waals surface area contributed by atoms with Crippen LogP contribution in [0.1, 0.15) is 10.4 Å². The van der Waals surface area contributed by atoms with Crippen molar-refractivity contribution in [1.29, 1.82) is 0 Å². The van der Waals surface area contributed by atoms with Gasteiger partial charge in [0.1, 0.15) is 10.7 Å². The molecule has 110 valence electrons. The maximum absolute atomic E-state index is 12.3. The third kappa shape index (κ3) is 3.11. The molecule has 21 heavy (non-hydrogen) atoms. The predicted octanol–water partition coefficient (Wildman–Crippen LogP) is 0.824. The molecule has 0 bridgehead atoms. The summed E-state index contributed by atoms with van der Waals surface area (Å²) in [7, 11) is -2.46. The highest BCUT2D eigenvalue weighted by molar-refractivity contribution is 7.92. The van der Waals surface area contributed by atoms with Crippen molar-refractivity contribution in [2.24, 2.45) is 0 Å². The zero-order chi connectivity index (χ0) is 15.5. The topological polar surface area (TPSA) is 114 Å². The van der Waals surface area contributed by atoms with E-state index in [-0.39, 0.29) is 22.0 Å². The van der Waals surface area contributed by atoms with Gasteiger partial charge in [0, 0.05) is 13.2 Å². The van der Waals surface area contributed by atoms with Crippen LogP contribution in [-0.2, 0) is 10.0 Å². The number of hydrogen-bond acceptors (Lipinski definition) is 5. The Morgan fingerprint density at radius 3 is 2.57 bits per heavy atom. The number of amides is 1. The number of rotatable bonds is 4. The van der Waals surface area contributed by atoms with Crippen molar-refractivity contribution >= 4 is 27.4 Å². The van der Waals surface area contributed by atoms with Crippen molar-refractivity contribution in [1.82, 2.24) is 10.3 Å². The average molecular weight is 306 g/mol. The fourth-order valence-corrected chi connectivity index (χ4v) is 2.90. The number of nitrogens with zero attached hydrogens (tertiary/aromatic N) is 1. The molecule has 0 aliphatic heterocycles. The summed E-state index contributed by atoms with van der Waals surface area (Å²) in [6.07, 6.45) is 1.40. The zero-order valence-corrected chi connectivity index (χ0v) is 12.0. The number of nitrogens with one attached hydrogen (secondary N) is 2. The highest BCUT2D eigenvalue weighted by Crippen LogP contribution is 2.22. The third-order valence-electron chi connectivity index (χ3n) is 2.73. The quantitative estimate of drug-likeness (QED) is 0.774. The van der Waals surface area contributed by atoms with E-state index in [9.17, 15) is 13.2 Å². The number of carbonyl (C=O) groups is 1. The smallest absolute Gasteiger partial charge is 0.265 e. The molecule has 1 aromatic heterocycles. The van der Waals surface area contributed by atoms with Crippen molar-refractivity contribution in [3.8, 4) is 0 Å². The Morgan fingerprint density at radius 1 is 1.19 bits per heavy atom. The van der Waals surface area contributed by atoms with Gasteiger partial charge in [-0.1, -0.05) is 12.1 Å². The second kappa shape index (κ2) is 5.80. The van der Waals surface area contributed by atoms with Gasteiger partial charge in [0.15, 0.2) is 0 Å². The van der Waals surface area contributed by atoms with Crippen LogP contribution in [0, 0.1) is 0 Å². The maximum Gasteiger partial charge on any atom is 0.265 e. The minimum Gasteiger partial charge on any atom is -0.383 e. The van der Waals surface area contributed by atoms with Crippen LogP contribution in [0.2, 0.25) is 0 Å². The highest BCUT2D eigenvalue weighted by Gasteiger charge is 2.20. The number of nitrogens with two attached hydrogens (primary N) is 1. The number of carbonyl (C=O) groups excluding carboxylic acids is 1. The molecule has 0 fully saturated rings. The molecule has 0 unspecified atom stereocenters. The van der Waals surface area contributed by atoms with Crippen molar-refractivity contribution in [2.45, 2.75) is 4.90 Å². The third-order valence-corrected chi connectivity index (χ3v) is 4.15. The summed E-state index contributed by atoms with van der Waals surface area (Å²) >= 11 is 0. The van der Waals surface area contributed by atoms with Gasteiger partial charge in [0.2, 0.25) is 0 Å². The molecule has 0 saturated heterocycles. The SMILES string of the molecule is CNC(=O)c1ccccc1NS(=O)(=O)c1cccnc1N. The molecule has 4 N–H and O–H groups in total.